The summed E-state index contributed by atoms with van der Waals surface area (Å²) < 4.78 is 7.76. The standard InChI is InChI=1S/C26H28N2O2/c1-2-30-23-8-9-24-21(15-23)16-25-26(29)22(18-28(24)25)14-19-10-12-27(13-11-19)17-20-6-4-3-5-7-20/h3-9,14-16,19H,2,10-13,17-18H2,1H3. The smallest absolute Gasteiger partial charge is 0.206 e. The molecule has 0 bridgehead atoms. The van der Waals surface area contributed by atoms with Crippen LogP contribution in [0.5, 0.6) is 5.75 Å². The molecule has 5 rings (SSSR count). The summed E-state index contributed by atoms with van der Waals surface area (Å²) in [5, 5.41) is 1.08. The number of hydrogen-bond acceptors (Lipinski definition) is 3. The van der Waals surface area contributed by atoms with E-state index in [0.717, 1.165) is 60.4 Å². The van der Waals surface area contributed by atoms with Crippen molar-refractivity contribution in [3.63, 3.8) is 0 Å². The first-order valence-corrected chi connectivity index (χ1v) is 11.0. The van der Waals surface area contributed by atoms with Crippen molar-refractivity contribution in [2.24, 2.45) is 5.92 Å². The molecule has 3 aromatic rings. The van der Waals surface area contributed by atoms with Gasteiger partial charge in [-0.05, 0) is 68.6 Å². The maximum atomic E-state index is 13.0. The number of likely N-dealkylation sites (tertiary alicyclic amines) is 1. The van der Waals surface area contributed by atoms with Gasteiger partial charge in [0.15, 0.2) is 0 Å². The summed E-state index contributed by atoms with van der Waals surface area (Å²) in [5.74, 6) is 1.55. The van der Waals surface area contributed by atoms with E-state index in [4.69, 9.17) is 4.74 Å². The van der Waals surface area contributed by atoms with Crippen LogP contribution in [-0.2, 0) is 13.1 Å². The molecule has 1 saturated heterocycles. The predicted octanol–water partition coefficient (Wildman–Crippen LogP) is 5.07. The maximum Gasteiger partial charge on any atom is 0.206 e. The van der Waals surface area contributed by atoms with Crippen LogP contribution in [0.4, 0.5) is 0 Å². The molecule has 1 fully saturated rings. The third kappa shape index (κ3) is 3.68. The SMILES string of the molecule is CCOc1ccc2c(c1)cc1n2CC(=CC2CCN(Cc3ccccc3)CC2)C1=O. The summed E-state index contributed by atoms with van der Waals surface area (Å²) in [4.78, 5) is 15.5. The van der Waals surface area contributed by atoms with Crippen LogP contribution < -0.4 is 4.74 Å². The van der Waals surface area contributed by atoms with Gasteiger partial charge in [0.1, 0.15) is 5.75 Å². The lowest BCUT2D eigenvalue weighted by Crippen LogP contribution is -2.32. The number of carbonyl (C=O) groups excluding carboxylic acids is 1. The monoisotopic (exact) mass is 400 g/mol. The van der Waals surface area contributed by atoms with E-state index >= 15 is 0 Å². The second-order valence-electron chi connectivity index (χ2n) is 8.39. The van der Waals surface area contributed by atoms with Gasteiger partial charge >= 0.3 is 0 Å². The number of ketones is 1. The number of benzene rings is 2. The third-order valence-electron chi connectivity index (χ3n) is 6.35. The zero-order valence-corrected chi connectivity index (χ0v) is 17.5. The second-order valence-corrected chi connectivity index (χ2v) is 8.39. The largest absolute Gasteiger partial charge is 0.494 e. The van der Waals surface area contributed by atoms with Crippen LogP contribution in [0.1, 0.15) is 35.8 Å². The van der Waals surface area contributed by atoms with Crippen LogP contribution in [-0.4, -0.2) is 34.9 Å². The minimum Gasteiger partial charge on any atom is -0.494 e. The summed E-state index contributed by atoms with van der Waals surface area (Å²) in [6.07, 6.45) is 4.50. The molecular weight excluding hydrogens is 372 g/mol. The van der Waals surface area contributed by atoms with Crippen molar-refractivity contribution < 1.29 is 9.53 Å². The number of nitrogens with zero attached hydrogens (tertiary/aromatic N) is 2. The van der Waals surface area contributed by atoms with Crippen molar-refractivity contribution in [3.05, 3.63) is 77.5 Å². The van der Waals surface area contributed by atoms with E-state index in [1.807, 2.05) is 25.1 Å². The number of carbonyl (C=O) groups is 1. The van der Waals surface area contributed by atoms with Gasteiger partial charge in [-0.3, -0.25) is 9.69 Å². The molecule has 0 radical (unpaired) electrons. The lowest BCUT2D eigenvalue weighted by atomic mass is 9.93. The highest BCUT2D eigenvalue weighted by Crippen LogP contribution is 2.32. The molecular formula is C26H28N2O2. The molecule has 154 valence electrons. The quantitative estimate of drug-likeness (QED) is 0.561. The van der Waals surface area contributed by atoms with Crippen molar-refractivity contribution in [2.45, 2.75) is 32.9 Å². The molecule has 4 heteroatoms. The van der Waals surface area contributed by atoms with Crippen LogP contribution in [0.3, 0.4) is 0 Å². The highest BCUT2D eigenvalue weighted by atomic mass is 16.5. The van der Waals surface area contributed by atoms with E-state index in [9.17, 15) is 4.79 Å². The van der Waals surface area contributed by atoms with E-state index in [0.29, 0.717) is 19.1 Å². The number of allylic oxidation sites excluding steroid dienone is 2. The van der Waals surface area contributed by atoms with Crippen LogP contribution in [0.2, 0.25) is 0 Å². The van der Waals surface area contributed by atoms with Crippen molar-refractivity contribution in [1.82, 2.24) is 9.47 Å². The summed E-state index contributed by atoms with van der Waals surface area (Å²) >= 11 is 0. The Balaban J connectivity index is 1.26. The van der Waals surface area contributed by atoms with Crippen LogP contribution >= 0.6 is 0 Å². The van der Waals surface area contributed by atoms with E-state index < -0.39 is 0 Å². The van der Waals surface area contributed by atoms with Crippen LogP contribution in [0, 0.1) is 5.92 Å². The minimum atomic E-state index is 0.191. The van der Waals surface area contributed by atoms with Crippen molar-refractivity contribution in [2.75, 3.05) is 19.7 Å². The van der Waals surface area contributed by atoms with Crippen molar-refractivity contribution >= 4 is 16.7 Å². The summed E-state index contributed by atoms with van der Waals surface area (Å²) in [6.45, 7) is 6.52. The van der Waals surface area contributed by atoms with Gasteiger partial charge in [0, 0.05) is 23.0 Å². The van der Waals surface area contributed by atoms with Gasteiger partial charge in [-0.1, -0.05) is 36.4 Å². The second kappa shape index (κ2) is 8.11. The number of rotatable bonds is 5. The lowest BCUT2D eigenvalue weighted by Gasteiger charge is -2.30. The topological polar surface area (TPSA) is 34.5 Å². The zero-order chi connectivity index (χ0) is 20.5. The number of aromatic nitrogens is 1. The molecule has 2 aromatic carbocycles. The normalized spacial score (nSPS) is 19.0. The molecule has 0 amide bonds. The van der Waals surface area contributed by atoms with Crippen molar-refractivity contribution in [1.29, 1.82) is 0 Å². The molecule has 30 heavy (non-hydrogen) atoms. The molecule has 4 nitrogen and oxygen atoms in total. The molecule has 0 N–H and O–H groups in total. The van der Waals surface area contributed by atoms with E-state index in [1.165, 1.54) is 5.56 Å². The average Bonchev–Trinajstić information content (AvgIpc) is 3.26. The highest BCUT2D eigenvalue weighted by molar-refractivity contribution is 6.12. The van der Waals surface area contributed by atoms with Gasteiger partial charge in [-0.25, -0.2) is 0 Å². The first kappa shape index (κ1) is 19.1. The Kier molecular flexibility index (Phi) is 5.17. The van der Waals surface area contributed by atoms with Gasteiger partial charge in [0.2, 0.25) is 5.78 Å². The fraction of sp³-hybridized carbons (Fsp3) is 0.346. The van der Waals surface area contributed by atoms with Crippen LogP contribution in [0.25, 0.3) is 10.9 Å². The Morgan fingerprint density at radius 3 is 2.63 bits per heavy atom. The first-order chi connectivity index (χ1) is 14.7. The molecule has 3 heterocycles. The van der Waals surface area contributed by atoms with Crippen LogP contribution in [0.15, 0.2) is 66.2 Å². The Bertz CT molecular complexity index is 1090. The molecule has 1 aromatic heterocycles. The van der Waals surface area contributed by atoms with Gasteiger partial charge in [-0.2, -0.15) is 0 Å². The molecule has 0 saturated carbocycles. The highest BCUT2D eigenvalue weighted by Gasteiger charge is 2.28. The number of ether oxygens (including phenoxy) is 1. The molecule has 0 atom stereocenters. The van der Waals surface area contributed by atoms with Gasteiger partial charge in [0.05, 0.1) is 18.8 Å². The average molecular weight is 401 g/mol. The number of hydrogen-bond donors (Lipinski definition) is 0. The first-order valence-electron chi connectivity index (χ1n) is 11.0. The fourth-order valence-electron chi connectivity index (χ4n) is 4.80. The zero-order valence-electron chi connectivity index (χ0n) is 17.5. The van der Waals surface area contributed by atoms with E-state index in [1.54, 1.807) is 0 Å². The minimum absolute atomic E-state index is 0.191. The summed E-state index contributed by atoms with van der Waals surface area (Å²) in [7, 11) is 0. The third-order valence-corrected chi connectivity index (χ3v) is 6.35. The van der Waals surface area contributed by atoms with E-state index in [2.05, 4.69) is 51.9 Å². The molecule has 0 aliphatic carbocycles. The van der Waals surface area contributed by atoms with Gasteiger partial charge < -0.3 is 9.30 Å². The number of piperidine rings is 1. The fourth-order valence-corrected chi connectivity index (χ4v) is 4.80. The number of fused-ring (bicyclic) bond motifs is 3. The lowest BCUT2D eigenvalue weighted by molar-refractivity contribution is 0.103. The Labute approximate surface area is 177 Å². The summed E-state index contributed by atoms with van der Waals surface area (Å²) in [6, 6.07) is 18.8. The van der Waals surface area contributed by atoms with Crippen molar-refractivity contribution in [3.8, 4) is 5.75 Å². The molecule has 2 aliphatic heterocycles. The predicted molar refractivity (Wildman–Crippen MR) is 120 cm³/mol. The maximum absolute atomic E-state index is 13.0. The Hall–Kier alpha value is -2.85. The summed E-state index contributed by atoms with van der Waals surface area (Å²) in [5.41, 5.74) is 4.26. The molecule has 2 aliphatic rings. The molecule has 0 unspecified atom stereocenters. The molecule has 0 spiro atoms. The Morgan fingerprint density at radius 1 is 1.07 bits per heavy atom. The van der Waals surface area contributed by atoms with E-state index in [-0.39, 0.29) is 5.78 Å². The van der Waals surface area contributed by atoms with Gasteiger partial charge in [0.25, 0.3) is 0 Å². The number of Topliss-reactive ketones (excluding diaryl/α,β-unsaturated/α-hetero) is 1. The van der Waals surface area contributed by atoms with Gasteiger partial charge in [-0.15, -0.1) is 0 Å². The Morgan fingerprint density at radius 2 is 1.87 bits per heavy atom.